The van der Waals surface area contributed by atoms with Crippen LogP contribution in [0.3, 0.4) is 0 Å². The Morgan fingerprint density at radius 2 is 2.00 bits per heavy atom. The molecule has 2 aromatic carbocycles. The van der Waals surface area contributed by atoms with Crippen molar-refractivity contribution >= 4 is 23.7 Å². The van der Waals surface area contributed by atoms with Gasteiger partial charge in [0.15, 0.2) is 0 Å². The highest BCUT2D eigenvalue weighted by Crippen LogP contribution is 2.21. The number of benzene rings is 2. The first-order valence-corrected chi connectivity index (χ1v) is 8.40. The molecule has 0 atom stereocenters. The number of carbonyl (C=O) groups is 1. The third kappa shape index (κ3) is 5.12. The summed E-state index contributed by atoms with van der Waals surface area (Å²) in [5.41, 5.74) is 3.92. The second-order valence-electron chi connectivity index (χ2n) is 5.50. The van der Waals surface area contributed by atoms with E-state index in [-0.39, 0.29) is 12.5 Å². The fourth-order valence-corrected chi connectivity index (χ4v) is 2.42. The number of carbonyl (C=O) groups excluding carboxylic acids is 1. The van der Waals surface area contributed by atoms with Crippen LogP contribution in [0.25, 0.3) is 0 Å². The molecule has 0 fully saturated rings. The number of amides is 1. The van der Waals surface area contributed by atoms with Gasteiger partial charge in [-0.1, -0.05) is 17.7 Å². The highest BCUT2D eigenvalue weighted by Gasteiger charge is 2.07. The average Bonchev–Trinajstić information content (AvgIpc) is 2.69. The zero-order chi connectivity index (χ0) is 19.1. The summed E-state index contributed by atoms with van der Waals surface area (Å²) >= 11 is 5.97. The molecular formula is C20H15ClFN3O2. The minimum absolute atomic E-state index is 0.0279. The third-order valence-electron chi connectivity index (χ3n) is 3.63. The number of pyridine rings is 1. The van der Waals surface area contributed by atoms with Crippen molar-refractivity contribution in [2.75, 3.05) is 0 Å². The van der Waals surface area contributed by atoms with E-state index in [0.29, 0.717) is 21.9 Å². The lowest BCUT2D eigenvalue weighted by Gasteiger charge is -2.08. The molecule has 0 spiro atoms. The van der Waals surface area contributed by atoms with Gasteiger partial charge in [-0.15, -0.1) is 0 Å². The average molecular weight is 384 g/mol. The van der Waals surface area contributed by atoms with Crippen molar-refractivity contribution in [3.8, 4) is 5.75 Å². The first-order valence-electron chi connectivity index (χ1n) is 8.02. The smallest absolute Gasteiger partial charge is 0.272 e. The van der Waals surface area contributed by atoms with Gasteiger partial charge in [0.05, 0.1) is 16.8 Å². The van der Waals surface area contributed by atoms with Gasteiger partial charge < -0.3 is 4.74 Å². The lowest BCUT2D eigenvalue weighted by molar-refractivity contribution is 0.0955. The van der Waals surface area contributed by atoms with Crippen molar-refractivity contribution < 1.29 is 13.9 Å². The molecule has 1 aromatic heterocycles. The first-order chi connectivity index (χ1) is 13.1. The molecule has 3 rings (SSSR count). The molecule has 0 bridgehead atoms. The van der Waals surface area contributed by atoms with Crippen molar-refractivity contribution in [1.29, 1.82) is 0 Å². The van der Waals surface area contributed by atoms with Crippen LogP contribution in [0.1, 0.15) is 21.5 Å². The van der Waals surface area contributed by atoms with Crippen molar-refractivity contribution in [3.63, 3.8) is 0 Å². The summed E-state index contributed by atoms with van der Waals surface area (Å²) in [6.07, 6.45) is 4.55. The van der Waals surface area contributed by atoms with Gasteiger partial charge >= 0.3 is 0 Å². The van der Waals surface area contributed by atoms with Crippen LogP contribution in [-0.2, 0) is 6.61 Å². The molecule has 27 heavy (non-hydrogen) atoms. The number of hydrazone groups is 1. The van der Waals surface area contributed by atoms with Gasteiger partial charge in [-0.2, -0.15) is 5.10 Å². The number of ether oxygens (including phenoxy) is 1. The van der Waals surface area contributed by atoms with Crippen LogP contribution in [0.2, 0.25) is 5.02 Å². The summed E-state index contributed by atoms with van der Waals surface area (Å²) in [6.45, 7) is 0.0279. The molecule has 0 unspecified atom stereocenters. The Morgan fingerprint density at radius 3 is 2.70 bits per heavy atom. The number of hydrogen-bond donors (Lipinski definition) is 1. The maximum absolute atomic E-state index is 13.7. The van der Waals surface area contributed by atoms with Gasteiger partial charge in [-0.25, -0.2) is 9.82 Å². The SMILES string of the molecule is O=C(N/N=C\c1ccc(OCc2c(F)cccc2Cl)cc1)c1cccnc1. The Labute approximate surface area is 160 Å². The molecule has 7 heteroatoms. The summed E-state index contributed by atoms with van der Waals surface area (Å²) < 4.78 is 19.3. The van der Waals surface area contributed by atoms with Gasteiger partial charge in [0.1, 0.15) is 18.2 Å². The molecule has 0 aliphatic heterocycles. The Bertz CT molecular complexity index is 927. The summed E-state index contributed by atoms with van der Waals surface area (Å²) in [7, 11) is 0. The largest absolute Gasteiger partial charge is 0.489 e. The predicted molar refractivity (Wildman–Crippen MR) is 101 cm³/mol. The van der Waals surface area contributed by atoms with E-state index in [1.165, 1.54) is 18.5 Å². The van der Waals surface area contributed by atoms with Crippen molar-refractivity contribution in [1.82, 2.24) is 10.4 Å². The quantitative estimate of drug-likeness (QED) is 0.512. The van der Waals surface area contributed by atoms with Crippen molar-refractivity contribution in [3.05, 3.63) is 94.5 Å². The Morgan fingerprint density at radius 1 is 1.19 bits per heavy atom. The van der Waals surface area contributed by atoms with Gasteiger partial charge in [0.25, 0.3) is 5.91 Å². The van der Waals surface area contributed by atoms with Crippen LogP contribution in [0, 0.1) is 5.82 Å². The van der Waals surface area contributed by atoms with E-state index in [9.17, 15) is 9.18 Å². The fraction of sp³-hybridized carbons (Fsp3) is 0.0500. The van der Waals surface area contributed by atoms with E-state index in [1.807, 2.05) is 0 Å². The Kier molecular flexibility index (Phi) is 6.12. The molecule has 0 saturated carbocycles. The molecule has 1 heterocycles. The van der Waals surface area contributed by atoms with Gasteiger partial charge in [-0.3, -0.25) is 9.78 Å². The second kappa shape index (κ2) is 8.91. The van der Waals surface area contributed by atoms with E-state index in [1.54, 1.807) is 54.7 Å². The van der Waals surface area contributed by atoms with Crippen LogP contribution < -0.4 is 10.2 Å². The molecule has 136 valence electrons. The molecule has 5 nitrogen and oxygen atoms in total. The van der Waals surface area contributed by atoms with Gasteiger partial charge in [-0.05, 0) is 54.1 Å². The van der Waals surface area contributed by atoms with Crippen LogP contribution in [0.4, 0.5) is 4.39 Å². The minimum atomic E-state index is -0.407. The minimum Gasteiger partial charge on any atom is -0.489 e. The van der Waals surface area contributed by atoms with Crippen LogP contribution in [-0.4, -0.2) is 17.1 Å². The molecular weight excluding hydrogens is 369 g/mol. The summed E-state index contributed by atoms with van der Waals surface area (Å²) in [4.78, 5) is 15.7. The van der Waals surface area contributed by atoms with E-state index < -0.39 is 5.82 Å². The standard InChI is InChI=1S/C20H15ClFN3O2/c21-18-4-1-5-19(22)17(18)13-27-16-8-6-14(7-9-16)11-24-25-20(26)15-3-2-10-23-12-15/h1-12H,13H2,(H,25,26)/b24-11-. The molecule has 0 aliphatic carbocycles. The normalized spacial score (nSPS) is 10.7. The lowest BCUT2D eigenvalue weighted by Crippen LogP contribution is -2.17. The molecule has 0 saturated heterocycles. The summed E-state index contributed by atoms with van der Waals surface area (Å²) in [5.74, 6) is -0.192. The Balaban J connectivity index is 1.55. The lowest BCUT2D eigenvalue weighted by atomic mass is 10.2. The van der Waals surface area contributed by atoms with Crippen LogP contribution in [0.15, 0.2) is 72.1 Å². The predicted octanol–water partition coefficient (Wildman–Crippen LogP) is 4.22. The monoisotopic (exact) mass is 383 g/mol. The number of rotatable bonds is 6. The van der Waals surface area contributed by atoms with Crippen LogP contribution >= 0.6 is 11.6 Å². The summed E-state index contributed by atoms with van der Waals surface area (Å²) in [5, 5.41) is 4.23. The highest BCUT2D eigenvalue weighted by molar-refractivity contribution is 6.31. The molecule has 0 radical (unpaired) electrons. The molecule has 0 aliphatic rings. The van der Waals surface area contributed by atoms with Crippen molar-refractivity contribution in [2.45, 2.75) is 6.61 Å². The molecule has 1 N–H and O–H groups in total. The third-order valence-corrected chi connectivity index (χ3v) is 3.98. The zero-order valence-corrected chi connectivity index (χ0v) is 14.9. The number of aromatic nitrogens is 1. The Hall–Kier alpha value is -3.25. The summed E-state index contributed by atoms with van der Waals surface area (Å²) in [6, 6.07) is 14.8. The first kappa shape index (κ1) is 18.5. The number of nitrogens with one attached hydrogen (secondary N) is 1. The maximum Gasteiger partial charge on any atom is 0.272 e. The van der Waals surface area contributed by atoms with Crippen LogP contribution in [0.5, 0.6) is 5.75 Å². The maximum atomic E-state index is 13.7. The van der Waals surface area contributed by atoms with E-state index in [2.05, 4.69) is 15.5 Å². The molecule has 3 aromatic rings. The number of hydrogen-bond acceptors (Lipinski definition) is 4. The highest BCUT2D eigenvalue weighted by atomic mass is 35.5. The van der Waals surface area contributed by atoms with Gasteiger partial charge in [0.2, 0.25) is 0 Å². The van der Waals surface area contributed by atoms with E-state index in [4.69, 9.17) is 16.3 Å². The van der Waals surface area contributed by atoms with Gasteiger partial charge in [0, 0.05) is 18.0 Å². The topological polar surface area (TPSA) is 63.6 Å². The zero-order valence-electron chi connectivity index (χ0n) is 14.1. The van der Waals surface area contributed by atoms with E-state index >= 15 is 0 Å². The second-order valence-corrected chi connectivity index (χ2v) is 5.91. The van der Waals surface area contributed by atoms with Crippen molar-refractivity contribution in [2.24, 2.45) is 5.10 Å². The molecule has 1 amide bonds. The fourth-order valence-electron chi connectivity index (χ4n) is 2.20. The number of nitrogens with zero attached hydrogens (tertiary/aromatic N) is 2. The van der Waals surface area contributed by atoms with E-state index in [0.717, 1.165) is 5.56 Å². The number of halogens is 2.